The van der Waals surface area contributed by atoms with Gasteiger partial charge in [0, 0.05) is 16.7 Å². The zero-order valence-electron chi connectivity index (χ0n) is 29.4. The van der Waals surface area contributed by atoms with Gasteiger partial charge < -0.3 is 0 Å². The molecule has 0 N–H and O–H groups in total. The fourth-order valence-electron chi connectivity index (χ4n) is 7.77. The SMILES string of the molecule is c1ccc(-c2ccccc2-c2nc(-c3cccc(-c4ccc5c6ccccc6c6ccccc6c5c4)c3)nc(-c3ccccc3-c3ccccc3)n2)cc1. The van der Waals surface area contributed by atoms with Crippen LogP contribution in [0, 0.1) is 0 Å². The molecule has 252 valence electrons. The van der Waals surface area contributed by atoms with E-state index in [2.05, 4.69) is 188 Å². The molecule has 0 saturated heterocycles. The van der Waals surface area contributed by atoms with Gasteiger partial charge in [0.2, 0.25) is 0 Å². The lowest BCUT2D eigenvalue weighted by Gasteiger charge is -2.14. The van der Waals surface area contributed by atoms with Crippen LogP contribution in [-0.2, 0) is 0 Å². The van der Waals surface area contributed by atoms with Crippen molar-refractivity contribution in [2.24, 2.45) is 0 Å². The highest BCUT2D eigenvalue weighted by atomic mass is 15.0. The van der Waals surface area contributed by atoms with Gasteiger partial charge in [0.25, 0.3) is 0 Å². The smallest absolute Gasteiger partial charge is 0.164 e. The van der Waals surface area contributed by atoms with Crippen LogP contribution >= 0.6 is 0 Å². The van der Waals surface area contributed by atoms with Crippen molar-refractivity contribution in [2.45, 2.75) is 0 Å². The molecule has 0 aliphatic heterocycles. The standard InChI is InChI=1S/C51H33N3/c1-3-16-34(17-4-1)39-22-7-13-28-46(39)50-52-49(53-51(54-50)47-29-14-8-23-40(47)35-18-5-2-6-19-35)38-21-15-20-36(32-38)37-30-31-45-43-26-10-9-24-41(43)42-25-11-12-27-44(42)48(45)33-37/h1-33H. The largest absolute Gasteiger partial charge is 0.208 e. The van der Waals surface area contributed by atoms with Crippen molar-refractivity contribution >= 4 is 32.3 Å². The maximum absolute atomic E-state index is 5.23. The highest BCUT2D eigenvalue weighted by Gasteiger charge is 2.18. The average molecular weight is 688 g/mol. The van der Waals surface area contributed by atoms with Crippen LogP contribution in [0.2, 0.25) is 0 Å². The highest BCUT2D eigenvalue weighted by molar-refractivity contribution is 6.25. The minimum Gasteiger partial charge on any atom is -0.208 e. The summed E-state index contributed by atoms with van der Waals surface area (Å²) in [5.41, 5.74) is 9.44. The second-order valence-corrected chi connectivity index (χ2v) is 13.6. The summed E-state index contributed by atoms with van der Waals surface area (Å²) < 4.78 is 0. The van der Waals surface area contributed by atoms with Crippen LogP contribution in [-0.4, -0.2) is 15.0 Å². The van der Waals surface area contributed by atoms with Gasteiger partial charge in [0.05, 0.1) is 0 Å². The number of aromatic nitrogens is 3. The van der Waals surface area contributed by atoms with Gasteiger partial charge in [-0.1, -0.05) is 188 Å². The third-order valence-corrected chi connectivity index (χ3v) is 10.3. The molecule has 3 heteroatoms. The van der Waals surface area contributed by atoms with E-state index in [0.29, 0.717) is 17.5 Å². The molecule has 3 nitrogen and oxygen atoms in total. The third kappa shape index (κ3) is 5.60. The van der Waals surface area contributed by atoms with Crippen LogP contribution in [0.15, 0.2) is 200 Å². The van der Waals surface area contributed by atoms with Gasteiger partial charge in [0.15, 0.2) is 17.5 Å². The first kappa shape index (κ1) is 31.5. The summed E-state index contributed by atoms with van der Waals surface area (Å²) in [7, 11) is 0. The number of rotatable bonds is 6. The molecule has 0 aliphatic carbocycles. The monoisotopic (exact) mass is 687 g/mol. The summed E-state index contributed by atoms with van der Waals surface area (Å²) in [5, 5.41) is 7.56. The molecule has 10 aromatic rings. The normalized spacial score (nSPS) is 11.3. The predicted molar refractivity (Wildman–Crippen MR) is 225 cm³/mol. The molecule has 10 rings (SSSR count). The number of nitrogens with zero attached hydrogens (tertiary/aromatic N) is 3. The maximum Gasteiger partial charge on any atom is 0.164 e. The summed E-state index contributed by atoms with van der Waals surface area (Å²) in [5.74, 6) is 1.89. The third-order valence-electron chi connectivity index (χ3n) is 10.3. The first-order valence-corrected chi connectivity index (χ1v) is 18.3. The van der Waals surface area contributed by atoms with Gasteiger partial charge in [-0.05, 0) is 77.8 Å². The molecule has 0 saturated carbocycles. The van der Waals surface area contributed by atoms with Gasteiger partial charge in [-0.25, -0.2) is 15.0 Å². The van der Waals surface area contributed by atoms with Crippen LogP contribution in [0.1, 0.15) is 0 Å². The molecule has 0 aliphatic rings. The van der Waals surface area contributed by atoms with Crippen LogP contribution < -0.4 is 0 Å². The van der Waals surface area contributed by atoms with Gasteiger partial charge in [-0.2, -0.15) is 0 Å². The Morgan fingerprint density at radius 1 is 0.204 bits per heavy atom. The molecule has 54 heavy (non-hydrogen) atoms. The van der Waals surface area contributed by atoms with Crippen LogP contribution in [0.3, 0.4) is 0 Å². The van der Waals surface area contributed by atoms with Gasteiger partial charge >= 0.3 is 0 Å². The second-order valence-electron chi connectivity index (χ2n) is 13.6. The van der Waals surface area contributed by atoms with E-state index in [1.54, 1.807) is 0 Å². The molecule has 0 amide bonds. The van der Waals surface area contributed by atoms with E-state index < -0.39 is 0 Å². The van der Waals surface area contributed by atoms with E-state index >= 15 is 0 Å². The van der Waals surface area contributed by atoms with Crippen LogP contribution in [0.4, 0.5) is 0 Å². The summed E-state index contributed by atoms with van der Waals surface area (Å²) >= 11 is 0. The molecular formula is C51H33N3. The summed E-state index contributed by atoms with van der Waals surface area (Å²) in [6.45, 7) is 0. The Kier molecular flexibility index (Phi) is 7.81. The van der Waals surface area contributed by atoms with Crippen molar-refractivity contribution in [3.8, 4) is 67.5 Å². The minimum absolute atomic E-state index is 0.625. The molecule has 0 fully saturated rings. The number of hydrogen-bond donors (Lipinski definition) is 0. The zero-order chi connectivity index (χ0) is 35.8. The first-order chi connectivity index (χ1) is 26.8. The maximum atomic E-state index is 5.23. The van der Waals surface area contributed by atoms with Crippen molar-refractivity contribution in [1.82, 2.24) is 15.0 Å². The van der Waals surface area contributed by atoms with Crippen molar-refractivity contribution in [3.05, 3.63) is 200 Å². The fraction of sp³-hybridized carbons (Fsp3) is 0. The summed E-state index contributed by atoms with van der Waals surface area (Å²) in [4.78, 5) is 15.7. The van der Waals surface area contributed by atoms with Gasteiger partial charge in [-0.3, -0.25) is 0 Å². The molecule has 1 aromatic heterocycles. The average Bonchev–Trinajstić information content (AvgIpc) is 3.27. The number of hydrogen-bond acceptors (Lipinski definition) is 3. The lowest BCUT2D eigenvalue weighted by Crippen LogP contribution is -2.02. The minimum atomic E-state index is 0.625. The van der Waals surface area contributed by atoms with Crippen molar-refractivity contribution in [2.75, 3.05) is 0 Å². The quantitative estimate of drug-likeness (QED) is 0.163. The summed E-state index contributed by atoms with van der Waals surface area (Å²) in [6.07, 6.45) is 0. The van der Waals surface area contributed by atoms with Crippen LogP contribution in [0.25, 0.3) is 99.9 Å². The Bertz CT molecular complexity index is 2850. The van der Waals surface area contributed by atoms with E-state index in [-0.39, 0.29) is 0 Å². The number of fused-ring (bicyclic) bond motifs is 6. The van der Waals surface area contributed by atoms with Crippen molar-refractivity contribution in [3.63, 3.8) is 0 Å². The Hall–Kier alpha value is -7.23. The lowest BCUT2D eigenvalue weighted by molar-refractivity contribution is 1.07. The summed E-state index contributed by atoms with van der Waals surface area (Å²) in [6, 6.07) is 70.4. The molecule has 0 unspecified atom stereocenters. The first-order valence-electron chi connectivity index (χ1n) is 18.3. The molecule has 0 radical (unpaired) electrons. The van der Waals surface area contributed by atoms with E-state index in [4.69, 9.17) is 15.0 Å². The number of benzene rings is 9. The van der Waals surface area contributed by atoms with E-state index in [1.165, 1.54) is 32.3 Å². The molecule has 9 aromatic carbocycles. The van der Waals surface area contributed by atoms with Gasteiger partial charge in [-0.15, -0.1) is 0 Å². The second kappa shape index (κ2) is 13.4. The topological polar surface area (TPSA) is 38.7 Å². The molecule has 0 bridgehead atoms. The predicted octanol–water partition coefficient (Wildman–Crippen LogP) is 13.3. The van der Waals surface area contributed by atoms with Crippen LogP contribution in [0.5, 0.6) is 0 Å². The van der Waals surface area contributed by atoms with Gasteiger partial charge in [0.1, 0.15) is 0 Å². The van der Waals surface area contributed by atoms with E-state index in [9.17, 15) is 0 Å². The van der Waals surface area contributed by atoms with Crippen molar-refractivity contribution in [1.29, 1.82) is 0 Å². The fourth-order valence-corrected chi connectivity index (χ4v) is 7.77. The molecule has 0 atom stereocenters. The van der Waals surface area contributed by atoms with Crippen molar-refractivity contribution < 1.29 is 0 Å². The Morgan fingerprint density at radius 3 is 1.11 bits per heavy atom. The van der Waals surface area contributed by atoms with E-state index in [0.717, 1.165) is 50.1 Å². The highest BCUT2D eigenvalue weighted by Crippen LogP contribution is 2.39. The molecule has 0 spiro atoms. The zero-order valence-corrected chi connectivity index (χ0v) is 29.4. The Balaban J connectivity index is 1.16. The van der Waals surface area contributed by atoms with E-state index in [1.807, 2.05) is 12.1 Å². The lowest BCUT2D eigenvalue weighted by atomic mass is 9.92. The Morgan fingerprint density at radius 2 is 0.574 bits per heavy atom. The Labute approximate surface area is 313 Å². The molecular weight excluding hydrogens is 655 g/mol. The molecule has 1 heterocycles.